The van der Waals surface area contributed by atoms with Crippen LogP contribution in [0.2, 0.25) is 0 Å². The van der Waals surface area contributed by atoms with Crippen LogP contribution in [-0.2, 0) is 5.41 Å². The Balaban J connectivity index is 1.57. The lowest BCUT2D eigenvalue weighted by molar-refractivity contribution is 0.318. The van der Waals surface area contributed by atoms with Gasteiger partial charge in [-0.3, -0.25) is 4.99 Å². The summed E-state index contributed by atoms with van der Waals surface area (Å²) in [6, 6.07) is 21.4. The maximum atomic E-state index is 9.51. The number of aliphatic imine (C=N–C) groups is 1. The minimum atomic E-state index is -0.178. The van der Waals surface area contributed by atoms with Gasteiger partial charge >= 0.3 is 0 Å². The third-order valence-corrected chi connectivity index (χ3v) is 5.98. The predicted molar refractivity (Wildman–Crippen MR) is 109 cm³/mol. The SMILES string of the molecule is ON=C(C1=NCC2=C1C=CC(c1ccccc1)(c1ccccc1)C2)C1CC1. The van der Waals surface area contributed by atoms with E-state index in [0.717, 1.165) is 36.3 Å². The van der Waals surface area contributed by atoms with Gasteiger partial charge in [0.15, 0.2) is 0 Å². The fourth-order valence-electron chi connectivity index (χ4n) is 4.41. The molecule has 0 unspecified atom stereocenters. The van der Waals surface area contributed by atoms with Gasteiger partial charge in [-0.1, -0.05) is 78.0 Å². The molecule has 1 aliphatic heterocycles. The van der Waals surface area contributed by atoms with E-state index in [0.29, 0.717) is 12.5 Å². The summed E-state index contributed by atoms with van der Waals surface area (Å²) in [5.74, 6) is 0.379. The molecule has 2 aromatic rings. The van der Waals surface area contributed by atoms with E-state index < -0.39 is 0 Å². The van der Waals surface area contributed by atoms with Crippen LogP contribution in [0.15, 0.2) is 94.1 Å². The number of hydrogen-bond donors (Lipinski definition) is 1. The molecule has 0 spiro atoms. The number of benzene rings is 2. The summed E-state index contributed by atoms with van der Waals surface area (Å²) >= 11 is 0. The Morgan fingerprint density at radius 2 is 1.59 bits per heavy atom. The van der Waals surface area contributed by atoms with E-state index in [9.17, 15) is 5.21 Å². The van der Waals surface area contributed by atoms with Crippen molar-refractivity contribution in [2.45, 2.75) is 24.7 Å². The molecule has 3 heteroatoms. The molecule has 1 saturated carbocycles. The smallest absolute Gasteiger partial charge is 0.108 e. The Morgan fingerprint density at radius 3 is 2.15 bits per heavy atom. The topological polar surface area (TPSA) is 45.0 Å². The Bertz CT molecular complexity index is 940. The van der Waals surface area contributed by atoms with Crippen LogP contribution < -0.4 is 0 Å². The maximum Gasteiger partial charge on any atom is 0.108 e. The summed E-state index contributed by atoms with van der Waals surface area (Å²) in [6.45, 7) is 0.697. The van der Waals surface area contributed by atoms with Gasteiger partial charge in [0.2, 0.25) is 0 Å². The molecule has 134 valence electrons. The van der Waals surface area contributed by atoms with E-state index in [4.69, 9.17) is 4.99 Å². The first-order chi connectivity index (χ1) is 13.3. The lowest BCUT2D eigenvalue weighted by Gasteiger charge is -2.35. The van der Waals surface area contributed by atoms with Crippen molar-refractivity contribution in [1.29, 1.82) is 0 Å². The third-order valence-electron chi connectivity index (χ3n) is 5.98. The molecule has 1 heterocycles. The van der Waals surface area contributed by atoms with E-state index in [1.165, 1.54) is 16.7 Å². The second kappa shape index (κ2) is 6.34. The minimum Gasteiger partial charge on any atom is -0.411 e. The molecule has 0 saturated heterocycles. The first-order valence-electron chi connectivity index (χ1n) is 9.61. The first kappa shape index (κ1) is 16.2. The minimum absolute atomic E-state index is 0.178. The lowest BCUT2D eigenvalue weighted by Crippen LogP contribution is -2.29. The van der Waals surface area contributed by atoms with E-state index in [-0.39, 0.29) is 5.41 Å². The lowest BCUT2D eigenvalue weighted by atomic mass is 9.67. The third kappa shape index (κ3) is 2.66. The van der Waals surface area contributed by atoms with Gasteiger partial charge in [-0.25, -0.2) is 0 Å². The highest BCUT2D eigenvalue weighted by Gasteiger charge is 2.40. The molecule has 1 fully saturated rings. The highest BCUT2D eigenvalue weighted by Crippen LogP contribution is 2.45. The molecule has 5 rings (SSSR count). The average Bonchev–Trinajstić information content (AvgIpc) is 3.49. The van der Waals surface area contributed by atoms with Gasteiger partial charge in [0.1, 0.15) is 5.71 Å². The highest BCUT2D eigenvalue weighted by atomic mass is 16.4. The quantitative estimate of drug-likeness (QED) is 0.472. The molecular formula is C24H22N2O. The normalized spacial score (nSPS) is 21.2. The van der Waals surface area contributed by atoms with Gasteiger partial charge in [-0.05, 0) is 36.0 Å². The molecule has 2 aliphatic carbocycles. The van der Waals surface area contributed by atoms with Crippen molar-refractivity contribution in [2.75, 3.05) is 6.54 Å². The van der Waals surface area contributed by atoms with Gasteiger partial charge in [-0.15, -0.1) is 0 Å². The largest absolute Gasteiger partial charge is 0.411 e. The molecule has 0 radical (unpaired) electrons. The Kier molecular flexibility index (Phi) is 3.82. The maximum absolute atomic E-state index is 9.51. The van der Waals surface area contributed by atoms with E-state index >= 15 is 0 Å². The second-order valence-corrected chi connectivity index (χ2v) is 7.66. The van der Waals surface area contributed by atoms with Crippen molar-refractivity contribution in [3.8, 4) is 0 Å². The second-order valence-electron chi connectivity index (χ2n) is 7.66. The van der Waals surface area contributed by atoms with Crippen LogP contribution in [0.4, 0.5) is 0 Å². The van der Waals surface area contributed by atoms with Crippen LogP contribution in [0, 0.1) is 5.92 Å². The molecule has 0 atom stereocenters. The fourth-order valence-corrected chi connectivity index (χ4v) is 4.41. The fraction of sp³-hybridized carbons (Fsp3) is 0.250. The van der Waals surface area contributed by atoms with Crippen molar-refractivity contribution in [2.24, 2.45) is 16.1 Å². The van der Waals surface area contributed by atoms with Crippen LogP contribution in [-0.4, -0.2) is 23.2 Å². The molecule has 3 nitrogen and oxygen atoms in total. The van der Waals surface area contributed by atoms with Crippen molar-refractivity contribution < 1.29 is 5.21 Å². The number of hydrogen-bond acceptors (Lipinski definition) is 3. The van der Waals surface area contributed by atoms with E-state index in [1.54, 1.807) is 0 Å². The zero-order chi connectivity index (χ0) is 18.3. The Labute approximate surface area is 159 Å². The Morgan fingerprint density at radius 1 is 0.963 bits per heavy atom. The van der Waals surface area contributed by atoms with E-state index in [1.807, 2.05) is 0 Å². The zero-order valence-electron chi connectivity index (χ0n) is 15.2. The summed E-state index contributed by atoms with van der Waals surface area (Å²) in [7, 11) is 0. The molecule has 27 heavy (non-hydrogen) atoms. The molecule has 0 bridgehead atoms. The number of allylic oxidation sites excluding steroid dienone is 3. The summed E-state index contributed by atoms with van der Waals surface area (Å²) in [5, 5.41) is 13.1. The Hall–Kier alpha value is -2.94. The summed E-state index contributed by atoms with van der Waals surface area (Å²) < 4.78 is 0. The van der Waals surface area contributed by atoms with Gasteiger partial charge in [-0.2, -0.15) is 0 Å². The van der Waals surface area contributed by atoms with Gasteiger partial charge < -0.3 is 5.21 Å². The molecule has 0 aromatic heterocycles. The molecule has 1 N–H and O–H groups in total. The van der Waals surface area contributed by atoms with Crippen molar-refractivity contribution >= 4 is 11.4 Å². The van der Waals surface area contributed by atoms with Crippen molar-refractivity contribution in [3.63, 3.8) is 0 Å². The van der Waals surface area contributed by atoms with E-state index in [2.05, 4.69) is 78.0 Å². The predicted octanol–water partition coefficient (Wildman–Crippen LogP) is 4.92. The first-order valence-corrected chi connectivity index (χ1v) is 9.61. The molecule has 0 amide bonds. The van der Waals surface area contributed by atoms with Gasteiger partial charge in [0.05, 0.1) is 12.3 Å². The number of nitrogens with zero attached hydrogens (tertiary/aromatic N) is 2. The van der Waals surface area contributed by atoms with Crippen LogP contribution in [0.1, 0.15) is 30.4 Å². The molecule has 2 aromatic carbocycles. The summed E-state index contributed by atoms with van der Waals surface area (Å²) in [4.78, 5) is 4.77. The van der Waals surface area contributed by atoms with Crippen LogP contribution in [0.25, 0.3) is 0 Å². The monoisotopic (exact) mass is 354 g/mol. The number of oxime groups is 1. The summed E-state index contributed by atoms with van der Waals surface area (Å²) in [6.07, 6.45) is 7.63. The van der Waals surface area contributed by atoms with Crippen LogP contribution in [0.5, 0.6) is 0 Å². The van der Waals surface area contributed by atoms with Crippen molar-refractivity contribution in [3.05, 3.63) is 95.1 Å². The number of rotatable bonds is 4. The van der Waals surface area contributed by atoms with Crippen LogP contribution in [0.3, 0.4) is 0 Å². The average molecular weight is 354 g/mol. The highest BCUT2D eigenvalue weighted by molar-refractivity contribution is 6.50. The van der Waals surface area contributed by atoms with Gasteiger partial charge in [0.25, 0.3) is 0 Å². The zero-order valence-corrected chi connectivity index (χ0v) is 15.2. The standard InChI is InChI=1S/C24H22N2O/c27-26-22(17-11-12-17)23-21-13-14-24(15-18(21)16-25-23,19-7-3-1-4-8-19)20-9-5-2-6-10-20/h1-10,13-14,17,27H,11-12,15-16H2. The molecule has 3 aliphatic rings. The molecular weight excluding hydrogens is 332 g/mol. The van der Waals surface area contributed by atoms with Gasteiger partial charge in [0, 0.05) is 16.9 Å². The van der Waals surface area contributed by atoms with Crippen molar-refractivity contribution in [1.82, 2.24) is 0 Å². The summed E-state index contributed by atoms with van der Waals surface area (Å²) in [5.41, 5.74) is 6.59. The van der Waals surface area contributed by atoms with Crippen LogP contribution >= 0.6 is 0 Å².